The third-order valence-electron chi connectivity index (χ3n) is 5.42. The summed E-state index contributed by atoms with van der Waals surface area (Å²) in [4.78, 5) is 16.5. The molecular weight excluding hydrogens is 330 g/mol. The van der Waals surface area contributed by atoms with Crippen LogP contribution in [0.5, 0.6) is 0 Å². The number of hydrogen-bond donors (Lipinski definition) is 1. The van der Waals surface area contributed by atoms with Crippen LogP contribution in [0.2, 0.25) is 0 Å². The molecule has 0 amide bonds. The van der Waals surface area contributed by atoms with Crippen molar-refractivity contribution in [2.24, 2.45) is 0 Å². The molecule has 2 heteroatoms. The lowest BCUT2D eigenvalue weighted by Gasteiger charge is -2.02. The van der Waals surface area contributed by atoms with Crippen LogP contribution in [0, 0.1) is 12.1 Å². The van der Waals surface area contributed by atoms with E-state index in [0.717, 1.165) is 38.5 Å². The van der Waals surface area contributed by atoms with E-state index in [9.17, 15) is 4.79 Å². The Morgan fingerprint density at radius 2 is 1.67 bits per heavy atom. The molecule has 0 saturated carbocycles. The number of carbonyl (C=O) groups excluding carboxylic acids is 1. The van der Waals surface area contributed by atoms with Crippen LogP contribution in [0.4, 0.5) is 0 Å². The number of fused-ring (bicyclic) bond motifs is 7. The number of rotatable bonds is 1. The van der Waals surface area contributed by atoms with Crippen LogP contribution in [0.25, 0.3) is 44.1 Å². The van der Waals surface area contributed by atoms with E-state index >= 15 is 0 Å². The van der Waals surface area contributed by atoms with Crippen molar-refractivity contribution in [1.29, 1.82) is 0 Å². The Balaban J connectivity index is 1.65. The highest BCUT2D eigenvalue weighted by Gasteiger charge is 2.29. The molecule has 0 aliphatic heterocycles. The van der Waals surface area contributed by atoms with Gasteiger partial charge in [-0.15, -0.1) is 0 Å². The Morgan fingerprint density at radius 3 is 2.56 bits per heavy atom. The van der Waals surface area contributed by atoms with Gasteiger partial charge in [-0.25, -0.2) is 0 Å². The molecule has 4 aromatic carbocycles. The molecule has 0 bridgehead atoms. The third kappa shape index (κ3) is 1.89. The predicted molar refractivity (Wildman–Crippen MR) is 108 cm³/mol. The summed E-state index contributed by atoms with van der Waals surface area (Å²) in [7, 11) is 0. The molecule has 0 fully saturated rings. The molecule has 1 aromatic heterocycles. The largest absolute Gasteiger partial charge is 0.354 e. The van der Waals surface area contributed by atoms with Gasteiger partial charge < -0.3 is 4.98 Å². The van der Waals surface area contributed by atoms with Crippen molar-refractivity contribution in [2.75, 3.05) is 0 Å². The lowest BCUT2D eigenvalue weighted by Crippen LogP contribution is -1.95. The van der Waals surface area contributed by atoms with Crippen molar-refractivity contribution >= 4 is 27.6 Å². The number of nitrogens with one attached hydrogen (secondary N) is 1. The lowest BCUT2D eigenvalue weighted by molar-refractivity contribution is 0.104. The van der Waals surface area contributed by atoms with E-state index in [0.29, 0.717) is 5.56 Å². The Kier molecular flexibility index (Phi) is 2.71. The average Bonchev–Trinajstić information content (AvgIpc) is 3.24. The van der Waals surface area contributed by atoms with Gasteiger partial charge in [0.05, 0.1) is 11.1 Å². The molecule has 124 valence electrons. The highest BCUT2D eigenvalue weighted by Crippen LogP contribution is 2.41. The van der Waals surface area contributed by atoms with E-state index in [4.69, 9.17) is 0 Å². The monoisotopic (exact) mass is 343 g/mol. The minimum atomic E-state index is 0.0608. The molecule has 27 heavy (non-hydrogen) atoms. The number of benzene rings is 3. The smallest absolute Gasteiger partial charge is 0.197 e. The standard InChI is InChI=1S/C25H13NO/c27-25-20-9-5-4-8-17(20)18-11-12-19-21-14-16(15-6-2-1-3-7-15)10-13-22(21)26-24(19)23(18)25/h1-3,5-7,9-14,26H. The molecule has 0 radical (unpaired) electrons. The van der Waals surface area contributed by atoms with Gasteiger partial charge in [-0.05, 0) is 35.4 Å². The quantitative estimate of drug-likeness (QED) is 0.402. The maximum absolute atomic E-state index is 13.0. The van der Waals surface area contributed by atoms with Gasteiger partial charge in [0.1, 0.15) is 0 Å². The minimum Gasteiger partial charge on any atom is -0.354 e. The van der Waals surface area contributed by atoms with E-state index in [2.05, 4.69) is 53.5 Å². The molecule has 0 spiro atoms. The van der Waals surface area contributed by atoms with Crippen molar-refractivity contribution in [1.82, 2.24) is 4.98 Å². The number of carbonyl (C=O) groups is 1. The van der Waals surface area contributed by atoms with Gasteiger partial charge in [0, 0.05) is 33.0 Å². The molecule has 0 atom stereocenters. The molecule has 0 saturated heterocycles. The average molecular weight is 343 g/mol. The summed E-state index contributed by atoms with van der Waals surface area (Å²) < 4.78 is 0. The van der Waals surface area contributed by atoms with Gasteiger partial charge in [-0.1, -0.05) is 60.7 Å². The topological polar surface area (TPSA) is 32.9 Å². The maximum Gasteiger partial charge on any atom is 0.197 e. The fourth-order valence-corrected chi connectivity index (χ4v) is 4.15. The van der Waals surface area contributed by atoms with Gasteiger partial charge in [0.2, 0.25) is 0 Å². The maximum atomic E-state index is 13.0. The zero-order valence-electron chi connectivity index (χ0n) is 14.3. The van der Waals surface area contributed by atoms with Crippen LogP contribution in [-0.4, -0.2) is 10.8 Å². The van der Waals surface area contributed by atoms with E-state index in [1.54, 1.807) is 6.07 Å². The highest BCUT2D eigenvalue weighted by atomic mass is 16.1. The van der Waals surface area contributed by atoms with Crippen molar-refractivity contribution in [3.05, 3.63) is 96.1 Å². The van der Waals surface area contributed by atoms with Crippen molar-refractivity contribution in [2.45, 2.75) is 0 Å². The molecule has 1 aliphatic carbocycles. The second-order valence-corrected chi connectivity index (χ2v) is 6.88. The number of hydrogen-bond acceptors (Lipinski definition) is 1. The first kappa shape index (κ1) is 14.4. The van der Waals surface area contributed by atoms with Gasteiger partial charge in [-0.2, -0.15) is 0 Å². The van der Waals surface area contributed by atoms with E-state index in [1.807, 2.05) is 30.3 Å². The van der Waals surface area contributed by atoms with E-state index in [-0.39, 0.29) is 5.78 Å². The Bertz CT molecular complexity index is 1380. The van der Waals surface area contributed by atoms with E-state index < -0.39 is 0 Å². The van der Waals surface area contributed by atoms with Crippen molar-refractivity contribution < 1.29 is 4.79 Å². The first-order valence-corrected chi connectivity index (χ1v) is 8.92. The fraction of sp³-hybridized carbons (Fsp3) is 0. The lowest BCUT2D eigenvalue weighted by atomic mass is 10.0. The minimum absolute atomic E-state index is 0.0608. The Hall–Kier alpha value is -3.83. The summed E-state index contributed by atoms with van der Waals surface area (Å²) in [6, 6.07) is 30.5. The normalized spacial score (nSPS) is 12.2. The second kappa shape index (κ2) is 5.09. The summed E-state index contributed by atoms with van der Waals surface area (Å²) in [5.74, 6) is 0.0608. The zero-order valence-corrected chi connectivity index (χ0v) is 14.3. The molecule has 1 aliphatic rings. The summed E-state index contributed by atoms with van der Waals surface area (Å²) >= 11 is 0. The number of H-pyrrole nitrogens is 1. The third-order valence-corrected chi connectivity index (χ3v) is 5.42. The summed E-state index contributed by atoms with van der Waals surface area (Å²) in [5, 5.41) is 2.21. The number of aromatic nitrogens is 1. The van der Waals surface area contributed by atoms with Gasteiger partial charge in [0.25, 0.3) is 0 Å². The van der Waals surface area contributed by atoms with Crippen molar-refractivity contribution in [3.8, 4) is 22.3 Å². The van der Waals surface area contributed by atoms with E-state index in [1.165, 1.54) is 11.1 Å². The van der Waals surface area contributed by atoms with Crippen LogP contribution in [0.15, 0.2) is 72.8 Å². The number of aromatic amines is 1. The molecular formula is C25H13NO. The highest BCUT2D eigenvalue weighted by molar-refractivity contribution is 6.29. The molecule has 1 heterocycles. The van der Waals surface area contributed by atoms with Crippen LogP contribution in [0.1, 0.15) is 15.9 Å². The summed E-state index contributed by atoms with van der Waals surface area (Å²) in [6.07, 6.45) is 0. The molecule has 0 unspecified atom stereocenters. The molecule has 2 nitrogen and oxygen atoms in total. The first-order valence-electron chi connectivity index (χ1n) is 8.92. The zero-order chi connectivity index (χ0) is 18.0. The predicted octanol–water partition coefficient (Wildman–Crippen LogP) is 5.80. The Labute approximate surface area is 156 Å². The van der Waals surface area contributed by atoms with Gasteiger partial charge in [0.15, 0.2) is 5.78 Å². The van der Waals surface area contributed by atoms with Crippen LogP contribution < -0.4 is 0 Å². The first-order chi connectivity index (χ1) is 13.3. The number of ketones is 1. The summed E-state index contributed by atoms with van der Waals surface area (Å²) in [5.41, 5.74) is 7.54. The van der Waals surface area contributed by atoms with Gasteiger partial charge in [-0.3, -0.25) is 4.79 Å². The Morgan fingerprint density at radius 1 is 0.778 bits per heavy atom. The SMILES string of the molecule is O=C1c2ccc#cc2-c2ccc3c([nH]c4ccc(-c5ccccc5)cc43)c21. The summed E-state index contributed by atoms with van der Waals surface area (Å²) in [6.45, 7) is 0. The second-order valence-electron chi connectivity index (χ2n) is 6.88. The van der Waals surface area contributed by atoms with Crippen LogP contribution >= 0.6 is 0 Å². The van der Waals surface area contributed by atoms with Crippen LogP contribution in [-0.2, 0) is 0 Å². The van der Waals surface area contributed by atoms with Crippen LogP contribution in [0.3, 0.4) is 0 Å². The fourth-order valence-electron chi connectivity index (χ4n) is 4.15. The molecule has 5 aromatic rings. The van der Waals surface area contributed by atoms with Crippen molar-refractivity contribution in [3.63, 3.8) is 0 Å². The van der Waals surface area contributed by atoms with Gasteiger partial charge >= 0.3 is 0 Å². The molecule has 1 N–H and O–H groups in total. The molecule has 6 rings (SSSR count).